The zero-order valence-corrected chi connectivity index (χ0v) is 19.1. The Kier molecular flexibility index (Phi) is 5.64. The molecule has 0 bridgehead atoms. The van der Waals surface area contributed by atoms with E-state index < -0.39 is 23.5 Å². The first-order valence-corrected chi connectivity index (χ1v) is 11.4. The molecule has 2 aromatic heterocycles. The first-order chi connectivity index (χ1) is 16.3. The fourth-order valence-electron chi connectivity index (χ4n) is 3.64. The van der Waals surface area contributed by atoms with E-state index in [1.165, 1.54) is 23.7 Å². The molecule has 0 radical (unpaired) electrons. The van der Waals surface area contributed by atoms with Crippen LogP contribution in [0.2, 0.25) is 0 Å². The van der Waals surface area contributed by atoms with Crippen LogP contribution < -0.4 is 15.3 Å². The lowest BCUT2D eigenvalue weighted by Gasteiger charge is -2.41. The Labute approximate surface area is 196 Å². The van der Waals surface area contributed by atoms with Gasteiger partial charge in [0.25, 0.3) is 0 Å². The van der Waals surface area contributed by atoms with Gasteiger partial charge in [-0.1, -0.05) is 17.4 Å². The maximum atomic E-state index is 13.9. The van der Waals surface area contributed by atoms with Crippen LogP contribution in [0.15, 0.2) is 53.6 Å². The van der Waals surface area contributed by atoms with Gasteiger partial charge in [0.2, 0.25) is 5.06 Å². The van der Waals surface area contributed by atoms with Gasteiger partial charge in [0, 0.05) is 5.56 Å². The van der Waals surface area contributed by atoms with E-state index in [2.05, 4.69) is 10.1 Å². The Morgan fingerprint density at radius 3 is 2.50 bits per heavy atom. The molecule has 34 heavy (non-hydrogen) atoms. The van der Waals surface area contributed by atoms with Gasteiger partial charge in [0.1, 0.15) is 29.9 Å². The highest BCUT2D eigenvalue weighted by Crippen LogP contribution is 2.39. The minimum atomic E-state index is -0.848. The second-order valence-electron chi connectivity index (χ2n) is 8.03. The topological polar surface area (TPSA) is 65.2 Å². The lowest BCUT2D eigenvalue weighted by molar-refractivity contribution is 0.213. The minimum absolute atomic E-state index is 0.203. The zero-order chi connectivity index (χ0) is 24.0. The van der Waals surface area contributed by atoms with Crippen LogP contribution >= 0.6 is 11.3 Å². The molecule has 0 unspecified atom stereocenters. The number of aromatic nitrogens is 4. The molecule has 1 aliphatic heterocycles. The van der Waals surface area contributed by atoms with Crippen molar-refractivity contribution < 1.29 is 17.9 Å². The molecule has 0 amide bonds. The fraction of sp³-hybridized carbons (Fsp3) is 0.261. The summed E-state index contributed by atoms with van der Waals surface area (Å²) in [5.74, 6) is -0.922. The molecule has 5 rings (SSSR count). The Hall–Kier alpha value is -3.60. The van der Waals surface area contributed by atoms with Gasteiger partial charge >= 0.3 is 5.69 Å². The van der Waals surface area contributed by atoms with Crippen LogP contribution in [0, 0.1) is 18.6 Å². The standard InChI is InChI=1S/C23H20F3N5O2S/c1-13-21(34-22(28-13)30-11-20(26)14(30)2)33-16-8-6-15(7-9-16)31-23(32)29(12-27-31)10-17-18(24)4-3-5-19(17)25/h3-9,12,14,20H,10-11H2,1-2H3/t14-,20-/m0/s1. The first kappa shape index (κ1) is 22.2. The molecule has 1 saturated heterocycles. The molecule has 1 aliphatic rings. The Morgan fingerprint density at radius 1 is 1.15 bits per heavy atom. The number of benzene rings is 2. The van der Waals surface area contributed by atoms with Crippen molar-refractivity contribution in [2.45, 2.75) is 32.6 Å². The quantitative estimate of drug-likeness (QED) is 0.402. The van der Waals surface area contributed by atoms with E-state index in [4.69, 9.17) is 4.74 Å². The summed E-state index contributed by atoms with van der Waals surface area (Å²) < 4.78 is 49.6. The largest absolute Gasteiger partial charge is 0.445 e. The van der Waals surface area contributed by atoms with E-state index >= 15 is 0 Å². The summed E-state index contributed by atoms with van der Waals surface area (Å²) >= 11 is 1.35. The second kappa shape index (κ2) is 8.64. The van der Waals surface area contributed by atoms with Crippen molar-refractivity contribution in [3.8, 4) is 16.5 Å². The predicted molar refractivity (Wildman–Crippen MR) is 122 cm³/mol. The van der Waals surface area contributed by atoms with Gasteiger partial charge in [0.05, 0.1) is 30.5 Å². The fourth-order valence-corrected chi connectivity index (χ4v) is 4.68. The van der Waals surface area contributed by atoms with Crippen molar-refractivity contribution in [1.29, 1.82) is 0 Å². The molecule has 176 valence electrons. The van der Waals surface area contributed by atoms with Crippen LogP contribution in [0.1, 0.15) is 18.2 Å². The highest BCUT2D eigenvalue weighted by molar-refractivity contribution is 7.17. The van der Waals surface area contributed by atoms with E-state index in [-0.39, 0.29) is 18.2 Å². The molecular weight excluding hydrogens is 467 g/mol. The highest BCUT2D eigenvalue weighted by atomic mass is 32.1. The molecule has 0 N–H and O–H groups in total. The summed E-state index contributed by atoms with van der Waals surface area (Å²) in [6, 6.07) is 10.0. The minimum Gasteiger partial charge on any atom is -0.445 e. The third-order valence-electron chi connectivity index (χ3n) is 5.79. The third-order valence-corrected chi connectivity index (χ3v) is 6.86. The van der Waals surface area contributed by atoms with Crippen molar-refractivity contribution >= 4 is 16.5 Å². The Morgan fingerprint density at radius 2 is 1.85 bits per heavy atom. The number of anilines is 1. The van der Waals surface area contributed by atoms with Gasteiger partial charge in [0.15, 0.2) is 5.13 Å². The summed E-state index contributed by atoms with van der Waals surface area (Å²) in [6.07, 6.45) is 0.387. The molecule has 0 aliphatic carbocycles. The number of hydrogen-bond donors (Lipinski definition) is 0. The Bertz CT molecular complexity index is 1380. The molecule has 11 heteroatoms. The van der Waals surface area contributed by atoms with E-state index in [9.17, 15) is 18.0 Å². The lowest BCUT2D eigenvalue weighted by atomic mass is 10.0. The molecule has 2 atom stereocenters. The number of nitrogens with zero attached hydrogens (tertiary/aromatic N) is 5. The van der Waals surface area contributed by atoms with Crippen LogP contribution in [0.5, 0.6) is 10.8 Å². The number of alkyl halides is 1. The lowest BCUT2D eigenvalue weighted by Crippen LogP contribution is -2.56. The normalized spacial score (nSPS) is 17.6. The van der Waals surface area contributed by atoms with E-state index in [1.54, 1.807) is 24.3 Å². The van der Waals surface area contributed by atoms with E-state index in [1.807, 2.05) is 18.7 Å². The van der Waals surface area contributed by atoms with Crippen molar-refractivity contribution in [1.82, 2.24) is 19.3 Å². The maximum absolute atomic E-state index is 13.9. The smallest absolute Gasteiger partial charge is 0.350 e. The summed E-state index contributed by atoms with van der Waals surface area (Å²) in [6.45, 7) is 3.70. The van der Waals surface area contributed by atoms with Crippen LogP contribution in [-0.4, -0.2) is 38.1 Å². The van der Waals surface area contributed by atoms with Crippen LogP contribution in [-0.2, 0) is 6.54 Å². The van der Waals surface area contributed by atoms with Crippen molar-refractivity contribution in [2.24, 2.45) is 0 Å². The number of hydrogen-bond acceptors (Lipinski definition) is 6. The SMILES string of the molecule is Cc1nc(N2C[C@H](F)[C@@H]2C)sc1Oc1ccc(-n2ncn(Cc3c(F)cccc3F)c2=O)cc1. The number of halogens is 3. The van der Waals surface area contributed by atoms with Gasteiger partial charge in [-0.2, -0.15) is 9.78 Å². The molecular formula is C23H20F3N5O2S. The number of thiazole rings is 1. The number of ether oxygens (including phenoxy) is 1. The second-order valence-corrected chi connectivity index (χ2v) is 8.97. The van der Waals surface area contributed by atoms with Crippen LogP contribution in [0.3, 0.4) is 0 Å². The molecule has 0 saturated carbocycles. The molecule has 2 aromatic carbocycles. The summed E-state index contributed by atoms with van der Waals surface area (Å²) in [4.78, 5) is 19.1. The maximum Gasteiger partial charge on any atom is 0.350 e. The van der Waals surface area contributed by atoms with Gasteiger partial charge in [-0.15, -0.1) is 0 Å². The number of aryl methyl sites for hydroxylation is 1. The number of rotatable bonds is 6. The molecule has 1 fully saturated rings. The molecule has 7 nitrogen and oxygen atoms in total. The monoisotopic (exact) mass is 487 g/mol. The van der Waals surface area contributed by atoms with Gasteiger partial charge in [-0.25, -0.2) is 22.9 Å². The van der Waals surface area contributed by atoms with Crippen molar-refractivity contribution in [2.75, 3.05) is 11.4 Å². The van der Waals surface area contributed by atoms with E-state index in [0.29, 0.717) is 33.9 Å². The first-order valence-electron chi connectivity index (χ1n) is 10.6. The van der Waals surface area contributed by atoms with Crippen LogP contribution in [0.25, 0.3) is 5.69 Å². The predicted octanol–water partition coefficient (Wildman–Crippen LogP) is 4.46. The van der Waals surface area contributed by atoms with Crippen LogP contribution in [0.4, 0.5) is 18.3 Å². The highest BCUT2D eigenvalue weighted by Gasteiger charge is 2.37. The molecule has 3 heterocycles. The van der Waals surface area contributed by atoms with Gasteiger partial charge in [-0.3, -0.25) is 4.57 Å². The third kappa shape index (κ3) is 3.96. The van der Waals surface area contributed by atoms with E-state index in [0.717, 1.165) is 21.4 Å². The van der Waals surface area contributed by atoms with Crippen molar-refractivity contribution in [3.05, 3.63) is 82.2 Å². The average Bonchev–Trinajstić information content (AvgIpc) is 3.36. The summed E-state index contributed by atoms with van der Waals surface area (Å²) in [7, 11) is 0. The Balaban J connectivity index is 1.32. The van der Waals surface area contributed by atoms with Crippen molar-refractivity contribution in [3.63, 3.8) is 0 Å². The van der Waals surface area contributed by atoms with Gasteiger partial charge < -0.3 is 9.64 Å². The molecule has 4 aromatic rings. The zero-order valence-electron chi connectivity index (χ0n) is 18.3. The summed E-state index contributed by atoms with van der Waals surface area (Å²) in [5, 5.41) is 5.38. The molecule has 0 spiro atoms. The van der Waals surface area contributed by atoms with Gasteiger partial charge in [-0.05, 0) is 50.2 Å². The average molecular weight is 488 g/mol. The summed E-state index contributed by atoms with van der Waals surface area (Å²) in [5.41, 5.74) is 0.431.